The van der Waals surface area contributed by atoms with Gasteiger partial charge in [-0.15, -0.1) is 0 Å². The monoisotopic (exact) mass is 281 g/mol. The Labute approximate surface area is 119 Å². The smallest absolute Gasteiger partial charge is 0.274 e. The number of aromatic nitrogens is 2. The van der Waals surface area contributed by atoms with E-state index >= 15 is 0 Å². The van der Waals surface area contributed by atoms with Crippen molar-refractivity contribution in [2.24, 2.45) is 7.05 Å². The molecule has 0 atom stereocenters. The molecule has 0 aliphatic heterocycles. The number of nitrogens with zero attached hydrogens (tertiary/aromatic N) is 3. The molecule has 3 N–H and O–H groups in total. The van der Waals surface area contributed by atoms with E-state index in [1.54, 1.807) is 14.1 Å². The molecule has 1 aromatic heterocycles. The molecule has 0 saturated carbocycles. The Morgan fingerprint density at radius 2 is 2.05 bits per heavy atom. The van der Waals surface area contributed by atoms with Crippen LogP contribution in [0.4, 0.5) is 5.69 Å². The Morgan fingerprint density at radius 1 is 1.40 bits per heavy atom. The maximum Gasteiger partial charge on any atom is 0.274 e. The van der Waals surface area contributed by atoms with Gasteiger partial charge in [0, 0.05) is 20.6 Å². The van der Waals surface area contributed by atoms with Crippen molar-refractivity contribution in [1.82, 2.24) is 20.0 Å². The molecule has 0 aromatic carbocycles. The Hall–Kier alpha value is -2.05. The van der Waals surface area contributed by atoms with Gasteiger partial charge in [0.15, 0.2) is 0 Å². The van der Waals surface area contributed by atoms with Gasteiger partial charge in [-0.3, -0.25) is 14.3 Å². The largest absolute Gasteiger partial charge is 0.395 e. The number of carbonyl (C=O) groups is 2. The lowest BCUT2D eigenvalue weighted by atomic mass is 10.2. The summed E-state index contributed by atoms with van der Waals surface area (Å²) in [5.74, 6) is -0.467. The fourth-order valence-corrected chi connectivity index (χ4v) is 2.04. The predicted octanol–water partition coefficient (Wildman–Crippen LogP) is 0.163. The summed E-state index contributed by atoms with van der Waals surface area (Å²) < 4.78 is 1.49. The predicted molar refractivity (Wildman–Crippen MR) is 77.3 cm³/mol. The molecule has 0 aliphatic carbocycles. The number of rotatable bonds is 6. The van der Waals surface area contributed by atoms with E-state index in [0.29, 0.717) is 30.0 Å². The topological polar surface area (TPSA) is 93.2 Å². The highest BCUT2D eigenvalue weighted by molar-refractivity contribution is 5.99. The Bertz CT molecular complexity index is 495. The van der Waals surface area contributed by atoms with Crippen LogP contribution in [0.15, 0.2) is 0 Å². The van der Waals surface area contributed by atoms with Crippen molar-refractivity contribution in [2.75, 3.05) is 25.9 Å². The van der Waals surface area contributed by atoms with Crippen LogP contribution in [0, 0.1) is 0 Å². The van der Waals surface area contributed by atoms with E-state index in [-0.39, 0.29) is 18.4 Å². The fourth-order valence-electron chi connectivity index (χ4n) is 2.04. The number of nitrogens with two attached hydrogens (primary N) is 1. The minimum absolute atomic E-state index is 0.0231. The van der Waals surface area contributed by atoms with E-state index in [0.717, 1.165) is 6.42 Å². The Balaban J connectivity index is 3.06. The SMILES string of the molecule is CCCN(CC(=O)NC)C(=O)c1c(N)c(CC)nn1C. The van der Waals surface area contributed by atoms with Crippen LogP contribution in [0.25, 0.3) is 0 Å². The van der Waals surface area contributed by atoms with E-state index in [9.17, 15) is 9.59 Å². The minimum atomic E-state index is -0.261. The number of carbonyl (C=O) groups excluding carboxylic acids is 2. The van der Waals surface area contributed by atoms with Gasteiger partial charge in [-0.2, -0.15) is 5.10 Å². The lowest BCUT2D eigenvalue weighted by molar-refractivity contribution is -0.121. The molecule has 2 amide bonds. The molecule has 7 heteroatoms. The normalized spacial score (nSPS) is 10.4. The molecule has 1 rings (SSSR count). The summed E-state index contributed by atoms with van der Waals surface area (Å²) in [5.41, 5.74) is 7.43. The molecule has 0 radical (unpaired) electrons. The first kappa shape index (κ1) is 16.0. The molecule has 0 unspecified atom stereocenters. The number of likely N-dealkylation sites (N-methyl/N-ethyl adjacent to an activating group) is 1. The second kappa shape index (κ2) is 6.93. The maximum absolute atomic E-state index is 12.6. The molecule has 0 aliphatic rings. The summed E-state index contributed by atoms with van der Waals surface area (Å²) >= 11 is 0. The van der Waals surface area contributed by atoms with Gasteiger partial charge in [0.05, 0.1) is 17.9 Å². The minimum Gasteiger partial charge on any atom is -0.395 e. The quantitative estimate of drug-likeness (QED) is 0.777. The van der Waals surface area contributed by atoms with Gasteiger partial charge in [-0.1, -0.05) is 13.8 Å². The van der Waals surface area contributed by atoms with Gasteiger partial charge in [-0.25, -0.2) is 0 Å². The van der Waals surface area contributed by atoms with Gasteiger partial charge < -0.3 is 16.0 Å². The van der Waals surface area contributed by atoms with Gasteiger partial charge in [-0.05, 0) is 12.8 Å². The molecule has 0 saturated heterocycles. The number of hydrogen-bond acceptors (Lipinski definition) is 4. The standard InChI is InChI=1S/C13H23N5O2/c1-5-7-18(8-10(19)15-3)13(20)12-11(14)9(6-2)16-17(12)4/h5-8,14H2,1-4H3,(H,15,19). The van der Waals surface area contributed by atoms with Crippen LogP contribution in [-0.4, -0.2) is 46.6 Å². The lowest BCUT2D eigenvalue weighted by Crippen LogP contribution is -2.41. The zero-order valence-corrected chi connectivity index (χ0v) is 12.6. The summed E-state index contributed by atoms with van der Waals surface area (Å²) in [7, 11) is 3.23. The third kappa shape index (κ3) is 3.28. The fraction of sp³-hybridized carbons (Fsp3) is 0.615. The summed E-state index contributed by atoms with van der Waals surface area (Å²) in [6.07, 6.45) is 1.43. The van der Waals surface area contributed by atoms with Crippen LogP contribution >= 0.6 is 0 Å². The maximum atomic E-state index is 12.6. The van der Waals surface area contributed by atoms with Gasteiger partial charge in [0.1, 0.15) is 5.69 Å². The van der Waals surface area contributed by atoms with E-state index in [1.165, 1.54) is 9.58 Å². The summed E-state index contributed by atoms with van der Waals surface area (Å²) in [6.45, 7) is 4.41. The number of anilines is 1. The van der Waals surface area contributed by atoms with Crippen molar-refractivity contribution < 1.29 is 9.59 Å². The number of amides is 2. The number of aryl methyl sites for hydroxylation is 2. The first-order valence-electron chi connectivity index (χ1n) is 6.77. The highest BCUT2D eigenvalue weighted by Crippen LogP contribution is 2.19. The Morgan fingerprint density at radius 3 is 2.50 bits per heavy atom. The zero-order valence-electron chi connectivity index (χ0n) is 12.6. The van der Waals surface area contributed by atoms with Crippen molar-refractivity contribution >= 4 is 17.5 Å². The van der Waals surface area contributed by atoms with Gasteiger partial charge >= 0.3 is 0 Å². The van der Waals surface area contributed by atoms with Crippen molar-refractivity contribution in [2.45, 2.75) is 26.7 Å². The number of nitrogen functional groups attached to an aromatic ring is 1. The summed E-state index contributed by atoms with van der Waals surface area (Å²) in [4.78, 5) is 25.6. The molecule has 0 bridgehead atoms. The third-order valence-electron chi connectivity index (χ3n) is 3.09. The summed E-state index contributed by atoms with van der Waals surface area (Å²) in [6, 6.07) is 0. The second-order valence-electron chi connectivity index (χ2n) is 4.59. The third-order valence-corrected chi connectivity index (χ3v) is 3.09. The molecule has 0 fully saturated rings. The van der Waals surface area contributed by atoms with Crippen LogP contribution < -0.4 is 11.1 Å². The van der Waals surface area contributed by atoms with Crippen molar-refractivity contribution in [3.8, 4) is 0 Å². The van der Waals surface area contributed by atoms with Gasteiger partial charge in [0.25, 0.3) is 5.91 Å². The second-order valence-corrected chi connectivity index (χ2v) is 4.59. The molecule has 7 nitrogen and oxygen atoms in total. The molecular formula is C13H23N5O2. The van der Waals surface area contributed by atoms with Crippen LogP contribution in [0.5, 0.6) is 0 Å². The summed E-state index contributed by atoms with van der Waals surface area (Å²) in [5, 5.41) is 6.75. The average Bonchev–Trinajstić information content (AvgIpc) is 2.71. The molecule has 1 heterocycles. The van der Waals surface area contributed by atoms with Crippen molar-refractivity contribution in [3.63, 3.8) is 0 Å². The molecular weight excluding hydrogens is 258 g/mol. The molecule has 0 spiro atoms. The van der Waals surface area contributed by atoms with Crippen molar-refractivity contribution in [3.05, 3.63) is 11.4 Å². The lowest BCUT2D eigenvalue weighted by Gasteiger charge is -2.21. The van der Waals surface area contributed by atoms with E-state index < -0.39 is 0 Å². The molecule has 112 valence electrons. The van der Waals surface area contributed by atoms with E-state index in [2.05, 4.69) is 10.4 Å². The molecule has 1 aromatic rings. The van der Waals surface area contributed by atoms with Crippen LogP contribution in [0.3, 0.4) is 0 Å². The highest BCUT2D eigenvalue weighted by atomic mass is 16.2. The highest BCUT2D eigenvalue weighted by Gasteiger charge is 2.25. The van der Waals surface area contributed by atoms with Crippen molar-refractivity contribution in [1.29, 1.82) is 0 Å². The number of hydrogen-bond donors (Lipinski definition) is 2. The number of nitrogens with one attached hydrogen (secondary N) is 1. The average molecular weight is 281 g/mol. The first-order chi connectivity index (χ1) is 9.46. The van der Waals surface area contributed by atoms with Crippen LogP contribution in [0.1, 0.15) is 36.5 Å². The Kier molecular flexibility index (Phi) is 5.54. The van der Waals surface area contributed by atoms with E-state index in [1.807, 2.05) is 13.8 Å². The zero-order chi connectivity index (χ0) is 15.3. The van der Waals surface area contributed by atoms with E-state index in [4.69, 9.17) is 5.73 Å². The van der Waals surface area contributed by atoms with Crippen LogP contribution in [-0.2, 0) is 18.3 Å². The molecule has 20 heavy (non-hydrogen) atoms. The van der Waals surface area contributed by atoms with Crippen LogP contribution in [0.2, 0.25) is 0 Å². The van der Waals surface area contributed by atoms with Gasteiger partial charge in [0.2, 0.25) is 5.91 Å². The first-order valence-corrected chi connectivity index (χ1v) is 6.77.